The molecule has 21 heavy (non-hydrogen) atoms. The molecule has 110 valence electrons. The number of para-hydroxylation sites is 1. The molecule has 0 heterocycles. The molecule has 2 aromatic rings. The Hall–Kier alpha value is -2.20. The number of nitrogens with zero attached hydrogens (tertiary/aromatic N) is 1. The molecule has 0 aliphatic carbocycles. The number of amides is 1. The van der Waals surface area contributed by atoms with Crippen LogP contribution >= 0.6 is 11.6 Å². The lowest BCUT2D eigenvalue weighted by atomic mass is 10.1. The van der Waals surface area contributed by atoms with Gasteiger partial charge in [0, 0.05) is 19.1 Å². The fraction of sp³-hybridized carbons (Fsp3) is 0.188. The second kappa shape index (κ2) is 6.50. The van der Waals surface area contributed by atoms with Crippen molar-refractivity contribution in [3.05, 3.63) is 53.1 Å². The summed E-state index contributed by atoms with van der Waals surface area (Å²) in [6.07, 6.45) is 0. The minimum atomic E-state index is -0.238. The number of benzene rings is 2. The Balaban J connectivity index is 2.33. The van der Waals surface area contributed by atoms with Gasteiger partial charge in [-0.2, -0.15) is 0 Å². The molecular formula is C16H17ClN2O2. The van der Waals surface area contributed by atoms with Gasteiger partial charge >= 0.3 is 0 Å². The van der Waals surface area contributed by atoms with Crippen LogP contribution in [0.15, 0.2) is 42.5 Å². The summed E-state index contributed by atoms with van der Waals surface area (Å²) in [6.45, 7) is 0. The number of carbonyl (C=O) groups is 1. The lowest BCUT2D eigenvalue weighted by Gasteiger charge is -2.18. The fourth-order valence-electron chi connectivity index (χ4n) is 2.02. The van der Waals surface area contributed by atoms with E-state index in [1.165, 1.54) is 7.11 Å². The van der Waals surface area contributed by atoms with Crippen LogP contribution in [0.5, 0.6) is 5.75 Å². The maximum atomic E-state index is 12.4. The predicted molar refractivity (Wildman–Crippen MR) is 86.7 cm³/mol. The van der Waals surface area contributed by atoms with E-state index in [1.54, 1.807) is 30.3 Å². The van der Waals surface area contributed by atoms with Gasteiger partial charge in [-0.05, 0) is 30.3 Å². The highest BCUT2D eigenvalue weighted by atomic mass is 35.5. The highest BCUT2D eigenvalue weighted by Crippen LogP contribution is 2.29. The Morgan fingerprint density at radius 3 is 2.57 bits per heavy atom. The Bertz CT molecular complexity index is 656. The second-order valence-electron chi connectivity index (χ2n) is 4.71. The number of hydrogen-bond acceptors (Lipinski definition) is 3. The summed E-state index contributed by atoms with van der Waals surface area (Å²) < 4.78 is 5.21. The number of carbonyl (C=O) groups excluding carboxylic acids is 1. The van der Waals surface area contributed by atoms with Crippen molar-refractivity contribution in [3.8, 4) is 5.75 Å². The van der Waals surface area contributed by atoms with E-state index >= 15 is 0 Å². The summed E-state index contributed by atoms with van der Waals surface area (Å²) in [5.41, 5.74) is 2.01. The maximum Gasteiger partial charge on any atom is 0.259 e. The van der Waals surface area contributed by atoms with Gasteiger partial charge in [-0.15, -0.1) is 0 Å². The van der Waals surface area contributed by atoms with Gasteiger partial charge in [0.15, 0.2) is 0 Å². The molecule has 0 radical (unpaired) electrons. The van der Waals surface area contributed by atoms with Crippen LogP contribution in [0, 0.1) is 0 Å². The van der Waals surface area contributed by atoms with Crippen molar-refractivity contribution in [1.82, 2.24) is 0 Å². The minimum absolute atomic E-state index is 0.238. The minimum Gasteiger partial charge on any atom is -0.496 e. The average molecular weight is 305 g/mol. The number of halogens is 1. The quantitative estimate of drug-likeness (QED) is 0.937. The molecule has 0 atom stereocenters. The van der Waals surface area contributed by atoms with Crippen LogP contribution in [-0.2, 0) is 0 Å². The summed E-state index contributed by atoms with van der Waals surface area (Å²) in [6, 6.07) is 12.5. The lowest BCUT2D eigenvalue weighted by molar-refractivity contribution is 0.102. The van der Waals surface area contributed by atoms with E-state index in [9.17, 15) is 4.79 Å². The second-order valence-corrected chi connectivity index (χ2v) is 5.15. The van der Waals surface area contributed by atoms with Crippen LogP contribution in [0.2, 0.25) is 5.02 Å². The Morgan fingerprint density at radius 1 is 1.19 bits per heavy atom. The zero-order valence-corrected chi connectivity index (χ0v) is 12.9. The molecule has 0 saturated carbocycles. The number of nitrogens with one attached hydrogen (secondary N) is 1. The van der Waals surface area contributed by atoms with Crippen LogP contribution < -0.4 is 15.0 Å². The third-order valence-corrected chi connectivity index (χ3v) is 3.28. The smallest absolute Gasteiger partial charge is 0.259 e. The Labute approximate surface area is 129 Å². The van der Waals surface area contributed by atoms with Gasteiger partial charge in [-0.25, -0.2) is 0 Å². The van der Waals surface area contributed by atoms with E-state index in [0.717, 1.165) is 5.69 Å². The molecule has 2 aromatic carbocycles. The summed E-state index contributed by atoms with van der Waals surface area (Å²) in [4.78, 5) is 14.3. The molecular weight excluding hydrogens is 288 g/mol. The molecule has 0 aliphatic heterocycles. The molecule has 1 amide bonds. The first-order valence-corrected chi connectivity index (χ1v) is 6.82. The number of ether oxygens (including phenoxy) is 1. The number of anilines is 2. The normalized spacial score (nSPS) is 10.1. The van der Waals surface area contributed by atoms with Crippen LogP contribution in [-0.4, -0.2) is 27.1 Å². The Morgan fingerprint density at radius 2 is 1.90 bits per heavy atom. The zero-order chi connectivity index (χ0) is 15.4. The van der Waals surface area contributed by atoms with Crippen molar-refractivity contribution < 1.29 is 9.53 Å². The molecule has 4 nitrogen and oxygen atoms in total. The standard InChI is InChI=1S/C16H17ClN2O2/c1-19(2)14-9-8-11(17)10-13(14)18-16(20)12-6-4-5-7-15(12)21-3/h4-10H,1-3H3,(H,18,20). The summed E-state index contributed by atoms with van der Waals surface area (Å²) in [5, 5.41) is 3.44. The van der Waals surface area contributed by atoms with Crippen molar-refractivity contribution in [2.45, 2.75) is 0 Å². The van der Waals surface area contributed by atoms with Gasteiger partial charge in [-0.3, -0.25) is 4.79 Å². The van der Waals surface area contributed by atoms with E-state index < -0.39 is 0 Å². The topological polar surface area (TPSA) is 41.6 Å². The highest BCUT2D eigenvalue weighted by Gasteiger charge is 2.14. The molecule has 0 aromatic heterocycles. The number of rotatable bonds is 4. The first kappa shape index (κ1) is 15.2. The number of hydrogen-bond donors (Lipinski definition) is 1. The monoisotopic (exact) mass is 304 g/mol. The summed E-state index contributed by atoms with van der Waals surface area (Å²) >= 11 is 6.02. The van der Waals surface area contributed by atoms with Crippen LogP contribution in [0.1, 0.15) is 10.4 Å². The lowest BCUT2D eigenvalue weighted by Crippen LogP contribution is -2.17. The van der Waals surface area contributed by atoms with Crippen molar-refractivity contribution in [2.75, 3.05) is 31.4 Å². The van der Waals surface area contributed by atoms with Crippen LogP contribution in [0.3, 0.4) is 0 Å². The fourth-order valence-corrected chi connectivity index (χ4v) is 2.19. The van der Waals surface area contributed by atoms with Crippen molar-refractivity contribution in [1.29, 1.82) is 0 Å². The van der Waals surface area contributed by atoms with Gasteiger partial charge in [0.05, 0.1) is 24.0 Å². The third kappa shape index (κ3) is 3.47. The zero-order valence-electron chi connectivity index (χ0n) is 12.2. The third-order valence-electron chi connectivity index (χ3n) is 3.04. The van der Waals surface area contributed by atoms with Gasteiger partial charge in [-0.1, -0.05) is 23.7 Å². The van der Waals surface area contributed by atoms with E-state index in [0.29, 0.717) is 22.0 Å². The summed E-state index contributed by atoms with van der Waals surface area (Å²) in [5.74, 6) is 0.293. The van der Waals surface area contributed by atoms with E-state index in [4.69, 9.17) is 16.3 Å². The van der Waals surface area contributed by atoms with Crippen molar-refractivity contribution >= 4 is 28.9 Å². The molecule has 5 heteroatoms. The summed E-state index contributed by atoms with van der Waals surface area (Å²) in [7, 11) is 5.35. The van der Waals surface area contributed by atoms with Gasteiger partial charge in [0.1, 0.15) is 5.75 Å². The van der Waals surface area contributed by atoms with Crippen molar-refractivity contribution in [3.63, 3.8) is 0 Å². The first-order chi connectivity index (χ1) is 10.0. The number of methoxy groups -OCH3 is 1. The van der Waals surface area contributed by atoms with Crippen LogP contribution in [0.25, 0.3) is 0 Å². The molecule has 0 bridgehead atoms. The van der Waals surface area contributed by atoms with E-state index in [-0.39, 0.29) is 5.91 Å². The van der Waals surface area contributed by atoms with E-state index in [2.05, 4.69) is 5.32 Å². The first-order valence-electron chi connectivity index (χ1n) is 6.44. The molecule has 0 unspecified atom stereocenters. The molecule has 0 aliphatic rings. The van der Waals surface area contributed by atoms with Gasteiger partial charge in [0.25, 0.3) is 5.91 Å². The van der Waals surface area contributed by atoms with Gasteiger partial charge < -0.3 is 15.0 Å². The highest BCUT2D eigenvalue weighted by molar-refractivity contribution is 6.31. The van der Waals surface area contributed by atoms with Crippen molar-refractivity contribution in [2.24, 2.45) is 0 Å². The van der Waals surface area contributed by atoms with E-state index in [1.807, 2.05) is 31.1 Å². The molecule has 0 spiro atoms. The largest absolute Gasteiger partial charge is 0.496 e. The predicted octanol–water partition coefficient (Wildman–Crippen LogP) is 3.67. The molecule has 0 saturated heterocycles. The van der Waals surface area contributed by atoms with Gasteiger partial charge in [0.2, 0.25) is 0 Å². The molecule has 2 rings (SSSR count). The average Bonchev–Trinajstić information content (AvgIpc) is 2.46. The molecule has 0 fully saturated rings. The molecule has 1 N–H and O–H groups in total. The maximum absolute atomic E-state index is 12.4. The van der Waals surface area contributed by atoms with Crippen LogP contribution in [0.4, 0.5) is 11.4 Å². The SMILES string of the molecule is COc1ccccc1C(=O)Nc1cc(Cl)ccc1N(C)C. The Kier molecular flexibility index (Phi) is 4.70.